The molecule has 21 heavy (non-hydrogen) atoms. The molecule has 1 heterocycles. The van der Waals surface area contributed by atoms with Gasteiger partial charge in [0, 0.05) is 18.1 Å². The zero-order valence-electron chi connectivity index (χ0n) is 11.0. The molecule has 0 spiro atoms. The Labute approximate surface area is 121 Å². The van der Waals surface area contributed by atoms with Crippen LogP contribution in [0.5, 0.6) is 0 Å². The predicted molar refractivity (Wildman–Crippen MR) is 75.3 cm³/mol. The van der Waals surface area contributed by atoms with Crippen LogP contribution < -0.4 is 5.32 Å². The number of allylic oxidation sites excluding steroid dienone is 2. The second-order valence-corrected chi connectivity index (χ2v) is 4.10. The zero-order valence-corrected chi connectivity index (χ0v) is 11.0. The van der Waals surface area contributed by atoms with E-state index in [0.29, 0.717) is 12.2 Å². The van der Waals surface area contributed by atoms with Gasteiger partial charge in [-0.1, -0.05) is 18.2 Å². The van der Waals surface area contributed by atoms with Gasteiger partial charge < -0.3 is 9.88 Å². The number of nitrogens with one attached hydrogen (secondary N) is 1. The third kappa shape index (κ3) is 3.26. The maximum atomic E-state index is 9.08. The Morgan fingerprint density at radius 3 is 2.52 bits per heavy atom. The van der Waals surface area contributed by atoms with Crippen LogP contribution in [-0.2, 0) is 6.54 Å². The zero-order chi connectivity index (χ0) is 15.1. The summed E-state index contributed by atoms with van der Waals surface area (Å²) in [7, 11) is 0. The predicted octanol–water partition coefficient (Wildman–Crippen LogP) is 2.17. The lowest BCUT2D eigenvalue weighted by molar-refractivity contribution is 0.798. The highest BCUT2D eigenvalue weighted by atomic mass is 15.0. The van der Waals surface area contributed by atoms with Crippen molar-refractivity contribution in [1.29, 1.82) is 15.8 Å². The van der Waals surface area contributed by atoms with Crippen LogP contribution >= 0.6 is 0 Å². The van der Waals surface area contributed by atoms with Gasteiger partial charge in [-0.25, -0.2) is 4.98 Å². The number of hydrogen-bond acceptors (Lipinski definition) is 5. The summed E-state index contributed by atoms with van der Waals surface area (Å²) in [5, 5.41) is 29.6. The van der Waals surface area contributed by atoms with E-state index in [1.54, 1.807) is 30.7 Å². The van der Waals surface area contributed by atoms with Crippen LogP contribution in [0.4, 0.5) is 5.69 Å². The Bertz CT molecular complexity index is 765. The van der Waals surface area contributed by atoms with Crippen LogP contribution in [0.15, 0.2) is 54.3 Å². The van der Waals surface area contributed by atoms with Gasteiger partial charge in [0.05, 0.1) is 12.9 Å². The number of hydrogen-bond donors (Lipinski definition) is 1. The fourth-order valence-corrected chi connectivity index (χ4v) is 1.77. The average molecular weight is 274 g/mol. The van der Waals surface area contributed by atoms with Crippen LogP contribution in [0, 0.1) is 34.0 Å². The molecule has 1 aromatic heterocycles. The summed E-state index contributed by atoms with van der Waals surface area (Å²) in [5.74, 6) is 0. The van der Waals surface area contributed by atoms with Crippen molar-refractivity contribution in [2.75, 3.05) is 5.32 Å². The Balaban J connectivity index is 2.34. The summed E-state index contributed by atoms with van der Waals surface area (Å²) in [6.07, 6.45) is 5.20. The van der Waals surface area contributed by atoms with Crippen molar-refractivity contribution in [2.24, 2.45) is 0 Å². The molecule has 0 fully saturated rings. The molecule has 6 heteroatoms. The van der Waals surface area contributed by atoms with Gasteiger partial charge in [0.15, 0.2) is 5.57 Å². The number of aromatic nitrogens is 2. The van der Waals surface area contributed by atoms with E-state index in [1.807, 2.05) is 35.0 Å². The molecule has 2 rings (SSSR count). The largest absolute Gasteiger partial charge is 0.345 e. The first-order chi connectivity index (χ1) is 10.3. The van der Waals surface area contributed by atoms with E-state index >= 15 is 0 Å². The third-order valence-electron chi connectivity index (χ3n) is 2.77. The molecule has 0 unspecified atom stereocenters. The number of anilines is 1. The Morgan fingerprint density at radius 1 is 1.14 bits per heavy atom. The number of nitrogens with zero attached hydrogens (tertiary/aromatic N) is 5. The molecule has 0 amide bonds. The van der Waals surface area contributed by atoms with Gasteiger partial charge in [-0.05, 0) is 11.6 Å². The van der Waals surface area contributed by atoms with Crippen molar-refractivity contribution in [3.8, 4) is 18.2 Å². The maximum absolute atomic E-state index is 9.08. The van der Waals surface area contributed by atoms with Gasteiger partial charge in [-0.15, -0.1) is 0 Å². The molecule has 2 aromatic rings. The molecule has 0 saturated heterocycles. The van der Waals surface area contributed by atoms with Crippen LogP contribution in [0.3, 0.4) is 0 Å². The molecule has 0 aliphatic carbocycles. The number of benzene rings is 1. The van der Waals surface area contributed by atoms with Crippen molar-refractivity contribution < 1.29 is 0 Å². The molecule has 100 valence electrons. The fourth-order valence-electron chi connectivity index (χ4n) is 1.77. The molecule has 0 radical (unpaired) electrons. The summed E-state index contributed by atoms with van der Waals surface area (Å²) in [4.78, 5) is 3.97. The summed E-state index contributed by atoms with van der Waals surface area (Å²) in [5.41, 5.74) is 1.29. The molecule has 0 bridgehead atoms. The maximum Gasteiger partial charge on any atom is 0.163 e. The highest BCUT2D eigenvalue weighted by molar-refractivity contribution is 5.61. The summed E-state index contributed by atoms with van der Waals surface area (Å²) >= 11 is 0. The van der Waals surface area contributed by atoms with E-state index < -0.39 is 0 Å². The summed E-state index contributed by atoms with van der Waals surface area (Å²) in [6, 6.07) is 12.6. The minimum Gasteiger partial charge on any atom is -0.345 e. The van der Waals surface area contributed by atoms with Gasteiger partial charge in [-0.3, -0.25) is 0 Å². The molecule has 0 saturated carbocycles. The SMILES string of the molecule is N#CC(C#N)=C(C#N)Nc1ccccc1Cn1ccnc1. The minimum absolute atomic E-state index is 0.0573. The first-order valence-corrected chi connectivity index (χ1v) is 6.03. The molecule has 1 N–H and O–H groups in total. The number of imidazole rings is 1. The Hall–Kier alpha value is -3.56. The van der Waals surface area contributed by atoms with E-state index in [4.69, 9.17) is 15.8 Å². The first-order valence-electron chi connectivity index (χ1n) is 6.03. The third-order valence-corrected chi connectivity index (χ3v) is 2.77. The fraction of sp³-hybridized carbons (Fsp3) is 0.0667. The van der Waals surface area contributed by atoms with Gasteiger partial charge in [0.25, 0.3) is 0 Å². The molecule has 6 nitrogen and oxygen atoms in total. The van der Waals surface area contributed by atoms with Crippen LogP contribution in [-0.4, -0.2) is 9.55 Å². The molecule has 0 aliphatic heterocycles. The van der Waals surface area contributed by atoms with Crippen molar-refractivity contribution >= 4 is 5.69 Å². The van der Waals surface area contributed by atoms with E-state index in [0.717, 1.165) is 5.56 Å². The van der Waals surface area contributed by atoms with Crippen LogP contribution in [0.1, 0.15) is 5.56 Å². The van der Waals surface area contributed by atoms with E-state index in [-0.39, 0.29) is 11.3 Å². The van der Waals surface area contributed by atoms with E-state index in [2.05, 4.69) is 10.3 Å². The molecular weight excluding hydrogens is 264 g/mol. The number of para-hydroxylation sites is 1. The highest BCUT2D eigenvalue weighted by Gasteiger charge is 2.09. The van der Waals surface area contributed by atoms with Gasteiger partial charge >= 0.3 is 0 Å². The topological polar surface area (TPSA) is 101 Å². The van der Waals surface area contributed by atoms with Crippen molar-refractivity contribution in [2.45, 2.75) is 6.54 Å². The van der Waals surface area contributed by atoms with Crippen LogP contribution in [0.2, 0.25) is 0 Å². The van der Waals surface area contributed by atoms with Crippen LogP contribution in [0.25, 0.3) is 0 Å². The second kappa shape index (κ2) is 6.56. The monoisotopic (exact) mass is 274 g/mol. The lowest BCUT2D eigenvalue weighted by Crippen LogP contribution is -2.05. The average Bonchev–Trinajstić information content (AvgIpc) is 3.02. The molecule has 1 aromatic carbocycles. The highest BCUT2D eigenvalue weighted by Crippen LogP contribution is 2.19. The minimum atomic E-state index is -0.241. The summed E-state index contributed by atoms with van der Waals surface area (Å²) < 4.78 is 1.88. The number of nitriles is 3. The lowest BCUT2D eigenvalue weighted by atomic mass is 10.1. The molecular formula is C15H10N6. The molecule has 0 aliphatic rings. The number of rotatable bonds is 4. The van der Waals surface area contributed by atoms with Gasteiger partial charge in [0.1, 0.15) is 23.9 Å². The second-order valence-electron chi connectivity index (χ2n) is 4.10. The first kappa shape index (κ1) is 13.9. The standard InChI is InChI=1S/C15H10N6/c16-7-13(8-17)15(9-18)20-14-4-2-1-3-12(14)10-21-6-5-19-11-21/h1-6,11,20H,10H2. The van der Waals surface area contributed by atoms with Gasteiger partial charge in [0.2, 0.25) is 0 Å². The van der Waals surface area contributed by atoms with E-state index in [1.165, 1.54) is 0 Å². The smallest absolute Gasteiger partial charge is 0.163 e. The lowest BCUT2D eigenvalue weighted by Gasteiger charge is -2.11. The van der Waals surface area contributed by atoms with Crippen molar-refractivity contribution in [1.82, 2.24) is 9.55 Å². The quantitative estimate of drug-likeness (QED) is 0.861. The van der Waals surface area contributed by atoms with Crippen molar-refractivity contribution in [3.05, 3.63) is 59.8 Å². The molecule has 0 atom stereocenters. The normalized spacial score (nSPS) is 9.00. The summed E-state index contributed by atoms with van der Waals surface area (Å²) in [6.45, 7) is 0.566. The van der Waals surface area contributed by atoms with E-state index in [9.17, 15) is 0 Å². The Kier molecular flexibility index (Phi) is 4.33. The van der Waals surface area contributed by atoms with Gasteiger partial charge in [-0.2, -0.15) is 15.8 Å². The Morgan fingerprint density at radius 2 is 1.90 bits per heavy atom. The van der Waals surface area contributed by atoms with Crippen molar-refractivity contribution in [3.63, 3.8) is 0 Å².